The SMILES string of the molecule is COC(=O)C(C)(N)CCCCN1C(=O)C2C(C1=O)C2(C)C. The van der Waals surface area contributed by atoms with Gasteiger partial charge >= 0.3 is 5.97 Å². The van der Waals surface area contributed by atoms with Gasteiger partial charge in [-0.25, -0.2) is 0 Å². The highest BCUT2D eigenvalue weighted by Gasteiger charge is 2.72. The summed E-state index contributed by atoms with van der Waals surface area (Å²) in [6, 6.07) is 0. The Bertz CT molecular complexity index is 460. The van der Waals surface area contributed by atoms with Gasteiger partial charge in [0.15, 0.2) is 0 Å². The van der Waals surface area contributed by atoms with Gasteiger partial charge in [0.2, 0.25) is 11.8 Å². The number of hydrogen-bond donors (Lipinski definition) is 1. The second-order valence-corrected chi connectivity index (χ2v) is 6.97. The molecule has 1 aliphatic carbocycles. The molecular weight excluding hydrogens is 272 g/mol. The van der Waals surface area contributed by atoms with E-state index in [2.05, 4.69) is 4.74 Å². The molecule has 0 aromatic carbocycles. The number of likely N-dealkylation sites (tertiary alicyclic amines) is 1. The Morgan fingerprint density at radius 2 is 1.81 bits per heavy atom. The molecule has 6 heteroatoms. The summed E-state index contributed by atoms with van der Waals surface area (Å²) in [5.41, 5.74) is 4.68. The summed E-state index contributed by atoms with van der Waals surface area (Å²) in [4.78, 5) is 37.1. The molecule has 2 fully saturated rings. The number of carbonyl (C=O) groups is 3. The van der Waals surface area contributed by atoms with Crippen molar-refractivity contribution >= 4 is 17.8 Å². The molecule has 0 bridgehead atoms. The van der Waals surface area contributed by atoms with Crippen molar-refractivity contribution in [2.24, 2.45) is 23.0 Å². The highest BCUT2D eigenvalue weighted by Crippen LogP contribution is 2.63. The number of rotatable bonds is 6. The molecule has 6 nitrogen and oxygen atoms in total. The molecule has 1 aliphatic heterocycles. The van der Waals surface area contributed by atoms with Gasteiger partial charge in [-0.1, -0.05) is 13.8 Å². The molecule has 0 spiro atoms. The fourth-order valence-electron chi connectivity index (χ4n) is 3.32. The van der Waals surface area contributed by atoms with Crippen LogP contribution in [-0.4, -0.2) is 41.9 Å². The lowest BCUT2D eigenvalue weighted by Gasteiger charge is -2.23. The first kappa shape index (κ1) is 15.9. The van der Waals surface area contributed by atoms with Crippen LogP contribution in [0.1, 0.15) is 40.0 Å². The maximum atomic E-state index is 12.1. The standard InChI is InChI=1S/C15H24N2O4/c1-14(2)9-10(14)12(19)17(11(9)18)8-6-5-7-15(3,16)13(20)21-4/h9-10H,5-8,16H2,1-4H3. The first-order valence-corrected chi connectivity index (χ1v) is 7.37. The van der Waals surface area contributed by atoms with E-state index in [4.69, 9.17) is 5.73 Å². The molecule has 2 aliphatic rings. The van der Waals surface area contributed by atoms with Crippen LogP contribution in [0, 0.1) is 17.3 Å². The van der Waals surface area contributed by atoms with Crippen molar-refractivity contribution in [1.29, 1.82) is 0 Å². The molecule has 0 radical (unpaired) electrons. The molecule has 21 heavy (non-hydrogen) atoms. The molecule has 0 aromatic rings. The molecule has 1 saturated heterocycles. The number of fused-ring (bicyclic) bond motifs is 1. The number of unbranched alkanes of at least 4 members (excludes halogenated alkanes) is 1. The highest BCUT2D eigenvalue weighted by molar-refractivity contribution is 6.10. The predicted octanol–water partition coefficient (Wildman–Crippen LogP) is 0.688. The third kappa shape index (κ3) is 2.57. The van der Waals surface area contributed by atoms with E-state index in [9.17, 15) is 14.4 Å². The van der Waals surface area contributed by atoms with Gasteiger partial charge in [0.1, 0.15) is 5.54 Å². The Hall–Kier alpha value is -1.43. The Kier molecular flexibility index (Phi) is 3.86. The van der Waals surface area contributed by atoms with Crippen molar-refractivity contribution in [3.63, 3.8) is 0 Å². The fourth-order valence-corrected chi connectivity index (χ4v) is 3.32. The van der Waals surface area contributed by atoms with Crippen LogP contribution in [0.3, 0.4) is 0 Å². The quantitative estimate of drug-likeness (QED) is 0.442. The van der Waals surface area contributed by atoms with Gasteiger partial charge in [-0.3, -0.25) is 19.3 Å². The van der Waals surface area contributed by atoms with E-state index in [0.717, 1.165) is 0 Å². The fraction of sp³-hybridized carbons (Fsp3) is 0.800. The molecular formula is C15H24N2O4. The number of piperidine rings is 1. The van der Waals surface area contributed by atoms with Gasteiger partial charge < -0.3 is 10.5 Å². The van der Waals surface area contributed by atoms with Crippen molar-refractivity contribution in [3.8, 4) is 0 Å². The van der Waals surface area contributed by atoms with Gasteiger partial charge in [0.25, 0.3) is 0 Å². The molecule has 1 saturated carbocycles. The first-order valence-electron chi connectivity index (χ1n) is 7.37. The number of imide groups is 1. The average Bonchev–Trinajstić information content (AvgIpc) is 2.87. The number of carbonyl (C=O) groups excluding carboxylic acids is 3. The average molecular weight is 296 g/mol. The lowest BCUT2D eigenvalue weighted by atomic mass is 9.96. The molecule has 2 N–H and O–H groups in total. The van der Waals surface area contributed by atoms with Gasteiger partial charge in [0.05, 0.1) is 18.9 Å². The summed E-state index contributed by atoms with van der Waals surface area (Å²) in [7, 11) is 1.31. The third-order valence-corrected chi connectivity index (χ3v) is 4.87. The number of methoxy groups -OCH3 is 1. The summed E-state index contributed by atoms with van der Waals surface area (Å²) >= 11 is 0. The zero-order chi connectivity index (χ0) is 16.0. The summed E-state index contributed by atoms with van der Waals surface area (Å²) in [5, 5.41) is 0. The van der Waals surface area contributed by atoms with E-state index in [1.807, 2.05) is 13.8 Å². The lowest BCUT2D eigenvalue weighted by molar-refractivity contribution is -0.147. The minimum atomic E-state index is -1.02. The van der Waals surface area contributed by atoms with E-state index in [-0.39, 0.29) is 29.1 Å². The summed E-state index contributed by atoms with van der Waals surface area (Å²) in [6.07, 6.45) is 1.78. The normalized spacial score (nSPS) is 29.1. The first-order chi connectivity index (χ1) is 9.64. The minimum absolute atomic E-state index is 0.0431. The van der Waals surface area contributed by atoms with Crippen LogP contribution >= 0.6 is 0 Å². The van der Waals surface area contributed by atoms with Gasteiger partial charge in [-0.2, -0.15) is 0 Å². The summed E-state index contributed by atoms with van der Waals surface area (Å²) in [5.74, 6) is -0.782. The molecule has 0 aromatic heterocycles. The van der Waals surface area contributed by atoms with Gasteiger partial charge in [-0.05, 0) is 31.6 Å². The Labute approximate surface area is 125 Å². The van der Waals surface area contributed by atoms with Crippen molar-refractivity contribution < 1.29 is 19.1 Å². The van der Waals surface area contributed by atoms with E-state index >= 15 is 0 Å². The van der Waals surface area contributed by atoms with E-state index in [0.29, 0.717) is 25.8 Å². The summed E-state index contributed by atoms with van der Waals surface area (Å²) < 4.78 is 4.64. The molecule has 3 unspecified atom stereocenters. The van der Waals surface area contributed by atoms with E-state index in [1.54, 1.807) is 6.92 Å². The van der Waals surface area contributed by atoms with Gasteiger partial charge in [0, 0.05) is 6.54 Å². The Morgan fingerprint density at radius 1 is 1.29 bits per heavy atom. The monoisotopic (exact) mass is 296 g/mol. The van der Waals surface area contributed by atoms with Crippen molar-refractivity contribution in [3.05, 3.63) is 0 Å². The maximum Gasteiger partial charge on any atom is 0.325 e. The second kappa shape index (κ2) is 5.09. The van der Waals surface area contributed by atoms with Crippen LogP contribution in [0.15, 0.2) is 0 Å². The van der Waals surface area contributed by atoms with Crippen molar-refractivity contribution in [2.75, 3.05) is 13.7 Å². The largest absolute Gasteiger partial charge is 0.468 e. The molecule has 2 rings (SSSR count). The summed E-state index contributed by atoms with van der Waals surface area (Å²) in [6.45, 7) is 5.97. The Balaban J connectivity index is 1.77. The number of nitrogens with zero attached hydrogens (tertiary/aromatic N) is 1. The van der Waals surface area contributed by atoms with E-state index in [1.165, 1.54) is 12.0 Å². The second-order valence-electron chi connectivity index (χ2n) is 6.97. The van der Waals surface area contributed by atoms with Crippen LogP contribution in [0.2, 0.25) is 0 Å². The Morgan fingerprint density at radius 3 is 2.29 bits per heavy atom. The van der Waals surface area contributed by atoms with Crippen LogP contribution in [0.25, 0.3) is 0 Å². The minimum Gasteiger partial charge on any atom is -0.468 e. The zero-order valence-electron chi connectivity index (χ0n) is 13.1. The molecule has 3 atom stereocenters. The maximum absolute atomic E-state index is 12.1. The topological polar surface area (TPSA) is 89.7 Å². The number of hydrogen-bond acceptors (Lipinski definition) is 5. The van der Waals surface area contributed by atoms with Crippen LogP contribution < -0.4 is 5.73 Å². The third-order valence-electron chi connectivity index (χ3n) is 4.87. The lowest BCUT2D eigenvalue weighted by Crippen LogP contribution is -2.45. The van der Waals surface area contributed by atoms with Crippen LogP contribution in [0.4, 0.5) is 0 Å². The van der Waals surface area contributed by atoms with Crippen LogP contribution in [0.5, 0.6) is 0 Å². The van der Waals surface area contributed by atoms with Crippen molar-refractivity contribution in [2.45, 2.75) is 45.6 Å². The number of nitrogens with two attached hydrogens (primary N) is 1. The molecule has 2 amide bonds. The number of ether oxygens (including phenoxy) is 1. The van der Waals surface area contributed by atoms with E-state index < -0.39 is 11.5 Å². The number of amides is 2. The highest BCUT2D eigenvalue weighted by atomic mass is 16.5. The van der Waals surface area contributed by atoms with Crippen LogP contribution in [-0.2, 0) is 19.1 Å². The molecule has 1 heterocycles. The zero-order valence-corrected chi connectivity index (χ0v) is 13.1. The molecule has 118 valence electrons. The van der Waals surface area contributed by atoms with Crippen molar-refractivity contribution in [1.82, 2.24) is 4.90 Å². The van der Waals surface area contributed by atoms with Gasteiger partial charge in [-0.15, -0.1) is 0 Å². The smallest absolute Gasteiger partial charge is 0.325 e. The number of esters is 1. The predicted molar refractivity (Wildman–Crippen MR) is 75.9 cm³/mol.